The van der Waals surface area contributed by atoms with Crippen LogP contribution >= 0.6 is 0 Å². The number of aromatic nitrogens is 2. The number of hydrogen-bond donors (Lipinski definition) is 2. The lowest BCUT2D eigenvalue weighted by Crippen LogP contribution is -2.22. The molecular formula is C16H15N3O. The molecule has 20 heavy (non-hydrogen) atoms. The number of pyridine rings is 1. The molecule has 3 rings (SSSR count). The number of nitrogens with zero attached hydrogens (tertiary/aromatic N) is 1. The van der Waals surface area contributed by atoms with Crippen LogP contribution in [0.2, 0.25) is 0 Å². The summed E-state index contributed by atoms with van der Waals surface area (Å²) in [6, 6.07) is 11.4. The number of carbonyl (C=O) groups is 1. The minimum Gasteiger partial charge on any atom is -0.348 e. The molecule has 0 saturated heterocycles. The third-order valence-electron chi connectivity index (χ3n) is 3.30. The highest BCUT2D eigenvalue weighted by Crippen LogP contribution is 2.14. The van der Waals surface area contributed by atoms with Crippen molar-refractivity contribution in [3.8, 4) is 0 Å². The molecular weight excluding hydrogens is 250 g/mol. The quantitative estimate of drug-likeness (QED) is 0.765. The third kappa shape index (κ3) is 2.40. The maximum atomic E-state index is 12.1. The summed E-state index contributed by atoms with van der Waals surface area (Å²) in [5, 5.41) is 3.97. The number of hydrogen-bond acceptors (Lipinski definition) is 2. The van der Waals surface area contributed by atoms with Crippen LogP contribution in [-0.4, -0.2) is 15.9 Å². The Bertz CT molecular complexity index is 744. The van der Waals surface area contributed by atoms with Crippen molar-refractivity contribution in [1.29, 1.82) is 0 Å². The van der Waals surface area contributed by atoms with E-state index in [4.69, 9.17) is 0 Å². The van der Waals surface area contributed by atoms with Gasteiger partial charge in [0.1, 0.15) is 5.65 Å². The first-order valence-electron chi connectivity index (χ1n) is 6.50. The fraction of sp³-hybridized carbons (Fsp3) is 0.125. The van der Waals surface area contributed by atoms with Gasteiger partial charge in [0.25, 0.3) is 5.91 Å². The van der Waals surface area contributed by atoms with Crippen LogP contribution in [-0.2, 0) is 6.54 Å². The third-order valence-corrected chi connectivity index (χ3v) is 3.30. The summed E-state index contributed by atoms with van der Waals surface area (Å²) in [4.78, 5) is 19.4. The Hall–Kier alpha value is -2.62. The van der Waals surface area contributed by atoms with Crippen molar-refractivity contribution in [1.82, 2.24) is 15.3 Å². The van der Waals surface area contributed by atoms with Gasteiger partial charge in [0.05, 0.1) is 0 Å². The summed E-state index contributed by atoms with van der Waals surface area (Å²) < 4.78 is 0. The van der Waals surface area contributed by atoms with Crippen molar-refractivity contribution < 1.29 is 4.79 Å². The van der Waals surface area contributed by atoms with Crippen LogP contribution in [0, 0.1) is 6.92 Å². The van der Waals surface area contributed by atoms with E-state index in [1.807, 2.05) is 49.5 Å². The highest BCUT2D eigenvalue weighted by Gasteiger charge is 2.07. The van der Waals surface area contributed by atoms with E-state index in [1.165, 1.54) is 0 Å². The van der Waals surface area contributed by atoms with Crippen molar-refractivity contribution in [3.05, 3.63) is 65.5 Å². The maximum absolute atomic E-state index is 12.1. The van der Waals surface area contributed by atoms with Gasteiger partial charge in [-0.1, -0.05) is 17.7 Å². The van der Waals surface area contributed by atoms with Crippen LogP contribution in [0.15, 0.2) is 48.8 Å². The summed E-state index contributed by atoms with van der Waals surface area (Å²) in [7, 11) is 0. The number of aromatic amines is 1. The highest BCUT2D eigenvalue weighted by atomic mass is 16.1. The summed E-state index contributed by atoms with van der Waals surface area (Å²) in [5.74, 6) is -0.0644. The Labute approximate surface area is 116 Å². The van der Waals surface area contributed by atoms with Gasteiger partial charge in [-0.15, -0.1) is 0 Å². The van der Waals surface area contributed by atoms with E-state index in [2.05, 4.69) is 15.3 Å². The summed E-state index contributed by atoms with van der Waals surface area (Å²) >= 11 is 0. The zero-order valence-corrected chi connectivity index (χ0v) is 11.2. The average Bonchev–Trinajstić information content (AvgIpc) is 2.94. The molecule has 0 unspecified atom stereocenters. The normalized spacial score (nSPS) is 10.7. The predicted octanol–water partition coefficient (Wildman–Crippen LogP) is 2.80. The van der Waals surface area contributed by atoms with Crippen LogP contribution < -0.4 is 5.32 Å². The number of benzene rings is 1. The van der Waals surface area contributed by atoms with E-state index >= 15 is 0 Å². The summed E-state index contributed by atoms with van der Waals surface area (Å²) in [5.41, 5.74) is 3.71. The van der Waals surface area contributed by atoms with Crippen LogP contribution in [0.1, 0.15) is 21.5 Å². The predicted molar refractivity (Wildman–Crippen MR) is 78.4 cm³/mol. The number of H-pyrrole nitrogens is 1. The average molecular weight is 265 g/mol. The van der Waals surface area contributed by atoms with Crippen molar-refractivity contribution in [2.45, 2.75) is 13.5 Å². The molecule has 0 saturated carbocycles. The first kappa shape index (κ1) is 12.4. The molecule has 2 N–H and O–H groups in total. The van der Waals surface area contributed by atoms with E-state index in [0.29, 0.717) is 12.1 Å². The number of fused-ring (bicyclic) bond motifs is 1. The Kier molecular flexibility index (Phi) is 3.21. The molecule has 1 aromatic carbocycles. The highest BCUT2D eigenvalue weighted by molar-refractivity contribution is 5.94. The number of rotatable bonds is 3. The van der Waals surface area contributed by atoms with E-state index < -0.39 is 0 Å². The molecule has 1 amide bonds. The molecule has 4 heteroatoms. The molecule has 0 atom stereocenters. The molecule has 0 radical (unpaired) electrons. The van der Waals surface area contributed by atoms with Crippen LogP contribution in [0.4, 0.5) is 0 Å². The molecule has 2 aromatic heterocycles. The molecule has 3 aromatic rings. The molecule has 0 aliphatic heterocycles. The number of carbonyl (C=O) groups excluding carboxylic acids is 1. The van der Waals surface area contributed by atoms with Crippen molar-refractivity contribution >= 4 is 16.9 Å². The Morgan fingerprint density at radius 1 is 1.20 bits per heavy atom. The van der Waals surface area contributed by atoms with Crippen molar-refractivity contribution in [2.75, 3.05) is 0 Å². The van der Waals surface area contributed by atoms with E-state index in [1.54, 1.807) is 6.20 Å². The minimum absolute atomic E-state index is 0.0644. The van der Waals surface area contributed by atoms with Gasteiger partial charge in [0, 0.05) is 29.9 Å². The van der Waals surface area contributed by atoms with Gasteiger partial charge in [-0.25, -0.2) is 4.98 Å². The molecule has 0 spiro atoms. The van der Waals surface area contributed by atoms with Crippen molar-refractivity contribution in [2.24, 2.45) is 0 Å². The smallest absolute Gasteiger partial charge is 0.251 e. The van der Waals surface area contributed by atoms with E-state index in [-0.39, 0.29) is 5.91 Å². The second-order valence-corrected chi connectivity index (χ2v) is 4.76. The number of nitrogens with one attached hydrogen (secondary N) is 2. The lowest BCUT2D eigenvalue weighted by molar-refractivity contribution is 0.0951. The summed E-state index contributed by atoms with van der Waals surface area (Å²) in [6.45, 7) is 2.49. The largest absolute Gasteiger partial charge is 0.348 e. The molecule has 4 nitrogen and oxygen atoms in total. The second kappa shape index (κ2) is 5.17. The number of aryl methyl sites for hydroxylation is 1. The first-order valence-corrected chi connectivity index (χ1v) is 6.50. The first-order chi connectivity index (χ1) is 9.74. The van der Waals surface area contributed by atoms with Crippen LogP contribution in [0.3, 0.4) is 0 Å². The lowest BCUT2D eigenvalue weighted by atomic mass is 10.1. The standard InChI is InChI=1S/C16H15N3O/c1-11-2-4-12(5-3-11)16(20)19-10-13-6-8-17-15-14(13)7-9-18-15/h2-9H,10H2,1H3,(H,17,18)(H,19,20). The second-order valence-electron chi connectivity index (χ2n) is 4.76. The minimum atomic E-state index is -0.0644. The molecule has 0 bridgehead atoms. The van der Waals surface area contributed by atoms with Gasteiger partial charge >= 0.3 is 0 Å². The van der Waals surface area contributed by atoms with E-state index in [9.17, 15) is 4.79 Å². The van der Waals surface area contributed by atoms with E-state index in [0.717, 1.165) is 22.2 Å². The molecule has 0 aliphatic rings. The monoisotopic (exact) mass is 265 g/mol. The van der Waals surface area contributed by atoms with Crippen LogP contribution in [0.25, 0.3) is 11.0 Å². The zero-order chi connectivity index (χ0) is 13.9. The number of amides is 1. The maximum Gasteiger partial charge on any atom is 0.251 e. The SMILES string of the molecule is Cc1ccc(C(=O)NCc2ccnc3[nH]ccc23)cc1. The molecule has 2 heterocycles. The fourth-order valence-electron chi connectivity index (χ4n) is 2.15. The summed E-state index contributed by atoms with van der Waals surface area (Å²) in [6.07, 6.45) is 3.59. The van der Waals surface area contributed by atoms with Gasteiger partial charge in [-0.05, 0) is 36.8 Å². The van der Waals surface area contributed by atoms with Gasteiger partial charge < -0.3 is 10.3 Å². The zero-order valence-electron chi connectivity index (χ0n) is 11.2. The Balaban J connectivity index is 1.74. The van der Waals surface area contributed by atoms with Gasteiger partial charge in [0.15, 0.2) is 0 Å². The Morgan fingerprint density at radius 2 is 2.00 bits per heavy atom. The molecule has 100 valence electrons. The molecule has 0 fully saturated rings. The van der Waals surface area contributed by atoms with Gasteiger partial charge in [0.2, 0.25) is 0 Å². The lowest BCUT2D eigenvalue weighted by Gasteiger charge is -2.06. The Morgan fingerprint density at radius 3 is 2.80 bits per heavy atom. The van der Waals surface area contributed by atoms with Crippen LogP contribution in [0.5, 0.6) is 0 Å². The van der Waals surface area contributed by atoms with Crippen molar-refractivity contribution in [3.63, 3.8) is 0 Å². The molecule has 0 aliphatic carbocycles. The topological polar surface area (TPSA) is 57.8 Å². The fourth-order valence-corrected chi connectivity index (χ4v) is 2.15. The van der Waals surface area contributed by atoms with Gasteiger partial charge in [-0.3, -0.25) is 4.79 Å². The van der Waals surface area contributed by atoms with Gasteiger partial charge in [-0.2, -0.15) is 0 Å².